The SMILES string of the molecule is Cc1ccc(-c2noc(CCCN3CCN(C(=O)Nc4ccc(C(F)(F)F)cc4)CC3)n2)cc1. The van der Waals surface area contributed by atoms with Crippen LogP contribution in [0.4, 0.5) is 23.7 Å². The molecule has 0 aliphatic carbocycles. The Bertz CT molecular complexity index is 1090. The standard InChI is InChI=1S/C24H26F3N5O2/c1-17-4-6-18(7-5-17)22-29-21(34-30-22)3-2-12-31-13-15-32(16-14-31)23(33)28-20-10-8-19(9-11-20)24(25,26)27/h4-11H,2-3,12-16H2,1H3,(H,28,33). The van der Waals surface area contributed by atoms with Crippen LogP contribution in [0.25, 0.3) is 11.4 Å². The fraction of sp³-hybridized carbons (Fsp3) is 0.375. The summed E-state index contributed by atoms with van der Waals surface area (Å²) in [5, 5.41) is 6.72. The van der Waals surface area contributed by atoms with Crippen LogP contribution in [-0.2, 0) is 12.6 Å². The zero-order valence-corrected chi connectivity index (χ0v) is 18.8. The normalized spacial score (nSPS) is 14.9. The van der Waals surface area contributed by atoms with E-state index in [1.165, 1.54) is 17.7 Å². The van der Waals surface area contributed by atoms with Crippen LogP contribution in [0.3, 0.4) is 0 Å². The van der Waals surface area contributed by atoms with Gasteiger partial charge >= 0.3 is 12.2 Å². The first kappa shape index (κ1) is 23.7. The Kier molecular flexibility index (Phi) is 7.16. The Balaban J connectivity index is 1.18. The second-order valence-electron chi connectivity index (χ2n) is 8.32. The molecule has 2 heterocycles. The molecule has 0 atom stereocenters. The lowest BCUT2D eigenvalue weighted by Crippen LogP contribution is -2.50. The molecule has 34 heavy (non-hydrogen) atoms. The van der Waals surface area contributed by atoms with Gasteiger partial charge in [-0.2, -0.15) is 18.2 Å². The number of nitrogens with one attached hydrogen (secondary N) is 1. The Labute approximate surface area is 195 Å². The lowest BCUT2D eigenvalue weighted by atomic mass is 10.1. The molecule has 3 aromatic rings. The zero-order valence-electron chi connectivity index (χ0n) is 18.8. The van der Waals surface area contributed by atoms with Crippen molar-refractivity contribution >= 4 is 11.7 Å². The van der Waals surface area contributed by atoms with Gasteiger partial charge in [0.25, 0.3) is 0 Å². The van der Waals surface area contributed by atoms with E-state index in [0.717, 1.165) is 43.8 Å². The van der Waals surface area contributed by atoms with Crippen molar-refractivity contribution in [3.63, 3.8) is 0 Å². The van der Waals surface area contributed by atoms with E-state index in [0.29, 0.717) is 36.9 Å². The van der Waals surface area contributed by atoms with Crippen molar-refractivity contribution in [3.05, 3.63) is 65.5 Å². The highest BCUT2D eigenvalue weighted by Crippen LogP contribution is 2.29. The van der Waals surface area contributed by atoms with E-state index >= 15 is 0 Å². The second kappa shape index (κ2) is 10.3. The number of carbonyl (C=O) groups excluding carboxylic acids is 1. The fourth-order valence-corrected chi connectivity index (χ4v) is 3.75. The maximum absolute atomic E-state index is 12.7. The molecule has 0 saturated carbocycles. The van der Waals surface area contributed by atoms with Crippen molar-refractivity contribution in [3.8, 4) is 11.4 Å². The average molecular weight is 473 g/mol. The molecule has 1 fully saturated rings. The highest BCUT2D eigenvalue weighted by Gasteiger charge is 2.30. The minimum absolute atomic E-state index is 0.311. The van der Waals surface area contributed by atoms with E-state index in [1.807, 2.05) is 31.2 Å². The smallest absolute Gasteiger partial charge is 0.339 e. The number of hydrogen-bond donors (Lipinski definition) is 1. The summed E-state index contributed by atoms with van der Waals surface area (Å²) in [6.45, 7) is 5.40. The van der Waals surface area contributed by atoms with Gasteiger partial charge in [-0.1, -0.05) is 35.0 Å². The second-order valence-corrected chi connectivity index (χ2v) is 8.32. The number of hydrogen-bond acceptors (Lipinski definition) is 5. The summed E-state index contributed by atoms with van der Waals surface area (Å²) in [5.41, 5.74) is 1.69. The molecule has 1 saturated heterocycles. The van der Waals surface area contributed by atoms with Gasteiger partial charge in [-0.3, -0.25) is 4.90 Å². The first-order chi connectivity index (χ1) is 16.3. The predicted octanol–water partition coefficient (Wildman–Crippen LogP) is 4.85. The molecule has 10 heteroatoms. The molecule has 1 aliphatic heterocycles. The minimum Gasteiger partial charge on any atom is -0.339 e. The van der Waals surface area contributed by atoms with E-state index in [-0.39, 0.29) is 6.03 Å². The van der Waals surface area contributed by atoms with E-state index in [9.17, 15) is 18.0 Å². The van der Waals surface area contributed by atoms with Gasteiger partial charge in [0.15, 0.2) is 0 Å². The predicted molar refractivity (Wildman–Crippen MR) is 121 cm³/mol. The molecule has 1 aliphatic rings. The molecule has 7 nitrogen and oxygen atoms in total. The number of aromatic nitrogens is 2. The Morgan fingerprint density at radius 3 is 2.35 bits per heavy atom. The van der Waals surface area contributed by atoms with Crippen molar-refractivity contribution in [1.82, 2.24) is 19.9 Å². The average Bonchev–Trinajstić information content (AvgIpc) is 3.28. The number of benzene rings is 2. The van der Waals surface area contributed by atoms with Gasteiger partial charge in [0.1, 0.15) is 0 Å². The van der Waals surface area contributed by atoms with Crippen molar-refractivity contribution in [2.45, 2.75) is 25.9 Å². The third kappa shape index (κ3) is 6.13. The van der Waals surface area contributed by atoms with Gasteiger partial charge in [-0.05, 0) is 44.2 Å². The molecule has 0 radical (unpaired) electrons. The van der Waals surface area contributed by atoms with Crippen molar-refractivity contribution in [1.29, 1.82) is 0 Å². The van der Waals surface area contributed by atoms with Crippen LogP contribution in [-0.4, -0.2) is 58.7 Å². The zero-order chi connectivity index (χ0) is 24.1. The van der Waals surface area contributed by atoms with Crippen molar-refractivity contribution < 1.29 is 22.5 Å². The molecule has 0 bridgehead atoms. The number of nitrogens with zero attached hydrogens (tertiary/aromatic N) is 4. The lowest BCUT2D eigenvalue weighted by molar-refractivity contribution is -0.137. The summed E-state index contributed by atoms with van der Waals surface area (Å²) in [6, 6.07) is 12.1. The van der Waals surface area contributed by atoms with Crippen LogP contribution in [0.15, 0.2) is 53.1 Å². The first-order valence-electron chi connectivity index (χ1n) is 11.1. The molecule has 4 rings (SSSR count). The number of anilines is 1. The number of urea groups is 1. The number of carbonyl (C=O) groups is 1. The van der Waals surface area contributed by atoms with Crippen LogP contribution < -0.4 is 5.32 Å². The maximum atomic E-state index is 12.7. The molecular formula is C24H26F3N5O2. The summed E-state index contributed by atoms with van der Waals surface area (Å²) >= 11 is 0. The Morgan fingerprint density at radius 1 is 1.03 bits per heavy atom. The first-order valence-corrected chi connectivity index (χ1v) is 11.1. The van der Waals surface area contributed by atoms with Gasteiger partial charge in [0.2, 0.25) is 11.7 Å². The van der Waals surface area contributed by atoms with Gasteiger partial charge < -0.3 is 14.7 Å². The highest BCUT2D eigenvalue weighted by atomic mass is 19.4. The van der Waals surface area contributed by atoms with Crippen LogP contribution in [0, 0.1) is 6.92 Å². The largest absolute Gasteiger partial charge is 0.416 e. The van der Waals surface area contributed by atoms with E-state index in [2.05, 4.69) is 20.4 Å². The molecule has 0 spiro atoms. The molecule has 0 unspecified atom stereocenters. The van der Waals surface area contributed by atoms with Gasteiger partial charge in [0, 0.05) is 43.9 Å². The maximum Gasteiger partial charge on any atom is 0.416 e. The lowest BCUT2D eigenvalue weighted by Gasteiger charge is -2.34. The van der Waals surface area contributed by atoms with Crippen LogP contribution in [0.1, 0.15) is 23.4 Å². The van der Waals surface area contributed by atoms with E-state index in [4.69, 9.17) is 4.52 Å². The van der Waals surface area contributed by atoms with Gasteiger partial charge in [-0.25, -0.2) is 4.79 Å². The summed E-state index contributed by atoms with van der Waals surface area (Å²) in [6.07, 6.45) is -2.87. The van der Waals surface area contributed by atoms with E-state index in [1.54, 1.807) is 4.90 Å². The third-order valence-electron chi connectivity index (χ3n) is 5.77. The van der Waals surface area contributed by atoms with Crippen LogP contribution in [0.2, 0.25) is 0 Å². The Hall–Kier alpha value is -3.40. The molecule has 2 aromatic carbocycles. The molecule has 1 N–H and O–H groups in total. The van der Waals surface area contributed by atoms with Crippen LogP contribution >= 0.6 is 0 Å². The monoisotopic (exact) mass is 473 g/mol. The third-order valence-corrected chi connectivity index (χ3v) is 5.77. The number of amides is 2. The van der Waals surface area contributed by atoms with Crippen molar-refractivity contribution in [2.24, 2.45) is 0 Å². The van der Waals surface area contributed by atoms with Gasteiger partial charge in [0.05, 0.1) is 5.56 Å². The summed E-state index contributed by atoms with van der Waals surface area (Å²) in [7, 11) is 0. The number of piperazine rings is 1. The summed E-state index contributed by atoms with van der Waals surface area (Å²) < 4.78 is 43.4. The number of rotatable bonds is 6. The molecule has 180 valence electrons. The number of halogens is 3. The molecular weight excluding hydrogens is 447 g/mol. The number of aryl methyl sites for hydroxylation is 2. The number of alkyl halides is 3. The quantitative estimate of drug-likeness (QED) is 0.554. The van der Waals surface area contributed by atoms with Crippen LogP contribution in [0.5, 0.6) is 0 Å². The molecule has 2 amide bonds. The fourth-order valence-electron chi connectivity index (χ4n) is 3.75. The summed E-state index contributed by atoms with van der Waals surface area (Å²) in [4.78, 5) is 20.8. The highest BCUT2D eigenvalue weighted by molar-refractivity contribution is 5.89. The summed E-state index contributed by atoms with van der Waals surface area (Å²) in [5.74, 6) is 1.19. The van der Waals surface area contributed by atoms with Crippen molar-refractivity contribution in [2.75, 3.05) is 38.0 Å². The molecule has 1 aromatic heterocycles. The Morgan fingerprint density at radius 2 is 1.71 bits per heavy atom. The minimum atomic E-state index is -4.40. The van der Waals surface area contributed by atoms with Gasteiger partial charge in [-0.15, -0.1) is 0 Å². The van der Waals surface area contributed by atoms with E-state index < -0.39 is 11.7 Å². The topological polar surface area (TPSA) is 74.5 Å².